The maximum absolute atomic E-state index is 13.5. The zero-order valence-electron chi connectivity index (χ0n) is 23.7. The fraction of sp³-hybridized carbons (Fsp3) is 0.323. The molecule has 1 unspecified atom stereocenters. The van der Waals surface area contributed by atoms with E-state index >= 15 is 0 Å². The Kier molecular flexibility index (Phi) is 8.88. The molecule has 2 aliphatic heterocycles. The average molecular weight is 622 g/mol. The van der Waals surface area contributed by atoms with Gasteiger partial charge in [-0.15, -0.1) is 23.1 Å². The third-order valence-corrected chi connectivity index (χ3v) is 9.00. The molecule has 224 valence electrons. The Hall–Kier alpha value is -4.16. The van der Waals surface area contributed by atoms with Crippen molar-refractivity contribution in [1.29, 1.82) is 0 Å². The van der Waals surface area contributed by atoms with Gasteiger partial charge in [-0.1, -0.05) is 66.7 Å². The molecule has 3 aromatic rings. The molecule has 2 N–H and O–H groups in total. The summed E-state index contributed by atoms with van der Waals surface area (Å²) in [7, 11) is 0. The van der Waals surface area contributed by atoms with E-state index in [4.69, 9.17) is 9.47 Å². The maximum atomic E-state index is 13.5. The van der Waals surface area contributed by atoms with E-state index in [1.807, 2.05) is 60.7 Å². The second-order valence-electron chi connectivity index (χ2n) is 11.0. The van der Waals surface area contributed by atoms with Gasteiger partial charge in [0.2, 0.25) is 11.8 Å². The Morgan fingerprint density at radius 2 is 1.56 bits per heavy atom. The summed E-state index contributed by atoms with van der Waals surface area (Å²) < 4.78 is 11.2. The number of rotatable bonds is 8. The van der Waals surface area contributed by atoms with Gasteiger partial charge in [0.15, 0.2) is 17.9 Å². The van der Waals surface area contributed by atoms with Crippen molar-refractivity contribution in [3.05, 3.63) is 94.2 Å². The van der Waals surface area contributed by atoms with Crippen LogP contribution < -0.4 is 10.6 Å². The first kappa shape index (κ1) is 30.3. The number of nitrogens with one attached hydrogen (secondary N) is 2. The van der Waals surface area contributed by atoms with Crippen molar-refractivity contribution < 1.29 is 33.4 Å². The number of Topliss-reactive ketones (excluding diaryl/α,β-unsaturated/α-hetero) is 1. The van der Waals surface area contributed by atoms with Crippen LogP contribution in [0.5, 0.6) is 0 Å². The van der Waals surface area contributed by atoms with E-state index in [0.29, 0.717) is 16.0 Å². The maximum Gasteiger partial charge on any atom is 0.408 e. The molecule has 2 saturated heterocycles. The molecule has 1 aromatic heterocycles. The number of nitrogens with zero attached hydrogens (tertiary/aromatic N) is 1. The number of carbonyl (C=O) groups excluding carboxylic acids is 5. The molecule has 4 atom stereocenters. The zero-order valence-corrected chi connectivity index (χ0v) is 25.4. The number of fused-ring (bicyclic) bond motifs is 1. The quantitative estimate of drug-likeness (QED) is 0.219. The number of ether oxygens (including phenoxy) is 2. The summed E-state index contributed by atoms with van der Waals surface area (Å²) in [6, 6.07) is 18.2. The van der Waals surface area contributed by atoms with Gasteiger partial charge in [-0.2, -0.15) is 0 Å². The first-order valence-electron chi connectivity index (χ1n) is 13.6. The van der Waals surface area contributed by atoms with Gasteiger partial charge in [-0.3, -0.25) is 14.4 Å². The van der Waals surface area contributed by atoms with Gasteiger partial charge in [0.25, 0.3) is 0 Å². The molecule has 43 heavy (non-hydrogen) atoms. The standard InChI is InChI=1S/C31H31N3O7S2/c1-31(2,3)41-30(39)33-22(21-15-10-16-42-21)26(36)32-23-27(37)34-24(20(35)17-43-28(23)34)29(38)40-25(18-11-6-4-7-12-18)19-13-8-5-9-14-19/h4-16,22-25,28H,17H2,1-3H3,(H,32,36)(H,33,39)/t22?,23-,24-,28+/m1/s1. The van der Waals surface area contributed by atoms with E-state index in [0.717, 1.165) is 11.8 Å². The molecule has 10 nitrogen and oxygen atoms in total. The number of ketones is 1. The number of amides is 3. The van der Waals surface area contributed by atoms with Crippen LogP contribution in [0.25, 0.3) is 0 Å². The van der Waals surface area contributed by atoms with E-state index in [9.17, 15) is 24.0 Å². The van der Waals surface area contributed by atoms with Crippen LogP contribution in [0, 0.1) is 0 Å². The predicted molar refractivity (Wildman–Crippen MR) is 161 cm³/mol. The smallest absolute Gasteiger partial charge is 0.408 e. The molecule has 0 saturated carbocycles. The number of hydrogen-bond acceptors (Lipinski definition) is 9. The lowest BCUT2D eigenvalue weighted by Crippen LogP contribution is -2.76. The number of alkyl carbamates (subject to hydrolysis) is 1. The summed E-state index contributed by atoms with van der Waals surface area (Å²) in [4.78, 5) is 67.5. The number of benzene rings is 2. The summed E-state index contributed by atoms with van der Waals surface area (Å²) in [5.41, 5.74) is 0.654. The number of β-lactam (4-membered cyclic amide) rings is 1. The van der Waals surface area contributed by atoms with Crippen molar-refractivity contribution in [2.45, 2.75) is 56.0 Å². The van der Waals surface area contributed by atoms with E-state index in [2.05, 4.69) is 10.6 Å². The van der Waals surface area contributed by atoms with E-state index in [-0.39, 0.29) is 5.75 Å². The Balaban J connectivity index is 1.31. The van der Waals surface area contributed by atoms with Crippen LogP contribution in [0.15, 0.2) is 78.2 Å². The number of hydrogen-bond donors (Lipinski definition) is 2. The minimum atomic E-state index is -1.44. The normalized spacial score (nSPS) is 20.5. The van der Waals surface area contributed by atoms with Crippen molar-refractivity contribution >= 4 is 52.8 Å². The molecule has 0 bridgehead atoms. The lowest BCUT2D eigenvalue weighted by molar-refractivity contribution is -0.170. The highest BCUT2D eigenvalue weighted by Gasteiger charge is 2.58. The van der Waals surface area contributed by atoms with E-state index in [1.54, 1.807) is 38.3 Å². The van der Waals surface area contributed by atoms with Crippen LogP contribution in [0.1, 0.15) is 48.9 Å². The molecule has 0 spiro atoms. The molecule has 0 aliphatic carbocycles. The summed E-state index contributed by atoms with van der Waals surface area (Å²) in [5, 5.41) is 6.39. The van der Waals surface area contributed by atoms with Gasteiger partial charge < -0.3 is 25.0 Å². The average Bonchev–Trinajstić information content (AvgIpc) is 3.52. The van der Waals surface area contributed by atoms with Gasteiger partial charge in [-0.05, 0) is 43.3 Å². The fourth-order valence-electron chi connectivity index (χ4n) is 4.86. The summed E-state index contributed by atoms with van der Waals surface area (Å²) >= 11 is 2.43. The van der Waals surface area contributed by atoms with Crippen LogP contribution in [0.4, 0.5) is 4.79 Å². The molecule has 3 amide bonds. The molecule has 2 aliphatic rings. The fourth-order valence-corrected chi connectivity index (χ4v) is 6.89. The molecule has 5 rings (SSSR count). The third-order valence-electron chi connectivity index (χ3n) is 6.77. The highest BCUT2D eigenvalue weighted by Crippen LogP contribution is 2.38. The molecular formula is C31H31N3O7S2. The monoisotopic (exact) mass is 621 g/mol. The Morgan fingerprint density at radius 1 is 0.930 bits per heavy atom. The van der Waals surface area contributed by atoms with Crippen LogP contribution in [0.2, 0.25) is 0 Å². The molecule has 3 heterocycles. The second kappa shape index (κ2) is 12.6. The summed E-state index contributed by atoms with van der Waals surface area (Å²) in [5.74, 6) is -2.52. The summed E-state index contributed by atoms with van der Waals surface area (Å²) in [6.07, 6.45) is -1.57. The predicted octanol–water partition coefficient (Wildman–Crippen LogP) is 3.98. The molecule has 0 radical (unpaired) electrons. The van der Waals surface area contributed by atoms with Gasteiger partial charge in [0, 0.05) is 4.88 Å². The molecular weight excluding hydrogens is 590 g/mol. The lowest BCUT2D eigenvalue weighted by atomic mass is 9.98. The van der Waals surface area contributed by atoms with Crippen molar-refractivity contribution in [2.75, 3.05) is 5.75 Å². The zero-order chi connectivity index (χ0) is 30.7. The molecule has 2 aromatic carbocycles. The number of thioether (sulfide) groups is 1. The third kappa shape index (κ3) is 6.75. The minimum absolute atomic E-state index is 0.0353. The van der Waals surface area contributed by atoms with Crippen LogP contribution in [0.3, 0.4) is 0 Å². The van der Waals surface area contributed by atoms with Crippen molar-refractivity contribution in [1.82, 2.24) is 15.5 Å². The SMILES string of the molecule is CC(C)(C)OC(=O)NC(C(=O)N[C@@H]1C(=O)N2[C@@H](C(=O)OC(c3ccccc3)c3ccccc3)C(=O)CS[C@@H]12)c1cccs1. The van der Waals surface area contributed by atoms with Crippen molar-refractivity contribution in [2.24, 2.45) is 0 Å². The highest BCUT2D eigenvalue weighted by molar-refractivity contribution is 8.00. The van der Waals surface area contributed by atoms with Gasteiger partial charge in [-0.25, -0.2) is 9.59 Å². The number of esters is 1. The van der Waals surface area contributed by atoms with Crippen LogP contribution in [-0.2, 0) is 28.7 Å². The number of carbonyl (C=O) groups is 5. The van der Waals surface area contributed by atoms with Gasteiger partial charge in [0.1, 0.15) is 23.1 Å². The van der Waals surface area contributed by atoms with Crippen molar-refractivity contribution in [3.8, 4) is 0 Å². The van der Waals surface area contributed by atoms with Gasteiger partial charge >= 0.3 is 12.1 Å². The molecule has 12 heteroatoms. The van der Waals surface area contributed by atoms with Crippen LogP contribution >= 0.6 is 23.1 Å². The first-order chi connectivity index (χ1) is 20.5. The highest BCUT2D eigenvalue weighted by atomic mass is 32.2. The largest absolute Gasteiger partial charge is 0.451 e. The van der Waals surface area contributed by atoms with E-state index in [1.165, 1.54) is 16.2 Å². The lowest BCUT2D eigenvalue weighted by Gasteiger charge is -2.51. The Bertz CT molecular complexity index is 1450. The second-order valence-corrected chi connectivity index (χ2v) is 13.1. The van der Waals surface area contributed by atoms with E-state index < -0.39 is 64.9 Å². The Morgan fingerprint density at radius 3 is 2.12 bits per heavy atom. The minimum Gasteiger partial charge on any atom is -0.451 e. The van der Waals surface area contributed by atoms with Gasteiger partial charge in [0.05, 0.1) is 5.75 Å². The molecule has 2 fully saturated rings. The summed E-state index contributed by atoms with van der Waals surface area (Å²) in [6.45, 7) is 5.12. The topological polar surface area (TPSA) is 131 Å². The first-order valence-corrected chi connectivity index (χ1v) is 15.6. The van der Waals surface area contributed by atoms with Crippen molar-refractivity contribution in [3.63, 3.8) is 0 Å². The Labute approximate surface area is 257 Å². The van der Waals surface area contributed by atoms with Crippen LogP contribution in [-0.4, -0.2) is 63.4 Å². The number of thiophene rings is 1.